The average molecular weight is 201 g/mol. The maximum atomic E-state index is 9.24. The second-order valence-electron chi connectivity index (χ2n) is 3.17. The van der Waals surface area contributed by atoms with Crippen molar-refractivity contribution in [2.24, 2.45) is 0 Å². The normalized spacial score (nSPS) is 9.87. The van der Waals surface area contributed by atoms with E-state index in [1.54, 1.807) is 42.5 Å². The van der Waals surface area contributed by atoms with Gasteiger partial charge in [0.1, 0.15) is 17.2 Å². The third-order valence-corrected chi connectivity index (χ3v) is 1.91. The molecule has 0 bridgehead atoms. The molecule has 0 saturated heterocycles. The van der Waals surface area contributed by atoms with Gasteiger partial charge in [-0.3, -0.25) is 0 Å². The van der Waals surface area contributed by atoms with Crippen molar-refractivity contribution in [3.05, 3.63) is 48.5 Å². The van der Waals surface area contributed by atoms with Gasteiger partial charge in [-0.1, -0.05) is 12.1 Å². The van der Waals surface area contributed by atoms with Gasteiger partial charge in [0.15, 0.2) is 0 Å². The molecule has 0 saturated carbocycles. The number of benzene rings is 2. The minimum absolute atomic E-state index is 0.177. The van der Waals surface area contributed by atoms with Gasteiger partial charge in [0.05, 0.1) is 0 Å². The Labute approximate surface area is 87.7 Å². The summed E-state index contributed by atoms with van der Waals surface area (Å²) in [4.78, 5) is 0. The van der Waals surface area contributed by atoms with Crippen molar-refractivity contribution >= 4 is 5.69 Å². The highest BCUT2D eigenvalue weighted by Crippen LogP contribution is 2.25. The monoisotopic (exact) mass is 201 g/mol. The molecule has 3 N–H and O–H groups in total. The van der Waals surface area contributed by atoms with Crippen LogP contribution in [0.2, 0.25) is 0 Å². The summed E-state index contributed by atoms with van der Waals surface area (Å²) in [6, 6.07) is 13.8. The maximum absolute atomic E-state index is 9.24. The van der Waals surface area contributed by atoms with Crippen LogP contribution in [-0.2, 0) is 0 Å². The standard InChI is InChI=1S/C12H11NO2/c13-9-3-1-5-11(7-9)15-12-6-2-4-10(14)8-12/h1-8,14H,13H2. The van der Waals surface area contributed by atoms with Crippen LogP contribution in [0.25, 0.3) is 0 Å². The van der Waals surface area contributed by atoms with E-state index >= 15 is 0 Å². The number of anilines is 1. The van der Waals surface area contributed by atoms with E-state index in [9.17, 15) is 5.11 Å². The van der Waals surface area contributed by atoms with Crippen molar-refractivity contribution in [2.45, 2.75) is 0 Å². The van der Waals surface area contributed by atoms with Gasteiger partial charge in [-0.15, -0.1) is 0 Å². The zero-order chi connectivity index (χ0) is 10.7. The van der Waals surface area contributed by atoms with Gasteiger partial charge < -0.3 is 15.6 Å². The van der Waals surface area contributed by atoms with Crippen LogP contribution in [0.5, 0.6) is 17.2 Å². The number of hydrogen-bond acceptors (Lipinski definition) is 3. The number of ether oxygens (including phenoxy) is 1. The lowest BCUT2D eigenvalue weighted by Crippen LogP contribution is -1.87. The summed E-state index contributed by atoms with van der Waals surface area (Å²) in [5.41, 5.74) is 6.26. The second kappa shape index (κ2) is 3.92. The first-order valence-electron chi connectivity index (χ1n) is 4.56. The third kappa shape index (κ3) is 2.40. The van der Waals surface area contributed by atoms with Crippen molar-refractivity contribution in [3.8, 4) is 17.2 Å². The summed E-state index contributed by atoms with van der Waals surface area (Å²) in [6.45, 7) is 0. The predicted molar refractivity (Wildman–Crippen MR) is 59.0 cm³/mol. The van der Waals surface area contributed by atoms with E-state index in [-0.39, 0.29) is 5.75 Å². The highest BCUT2D eigenvalue weighted by molar-refractivity contribution is 5.45. The fraction of sp³-hybridized carbons (Fsp3) is 0. The van der Waals surface area contributed by atoms with Gasteiger partial charge >= 0.3 is 0 Å². The van der Waals surface area contributed by atoms with Crippen LogP contribution in [0.4, 0.5) is 5.69 Å². The Hall–Kier alpha value is -2.16. The molecule has 0 radical (unpaired) electrons. The fourth-order valence-electron chi connectivity index (χ4n) is 1.26. The lowest BCUT2D eigenvalue weighted by Gasteiger charge is -2.06. The number of phenolic OH excluding ortho intramolecular Hbond substituents is 1. The number of hydrogen-bond donors (Lipinski definition) is 2. The van der Waals surface area contributed by atoms with E-state index in [1.807, 2.05) is 6.07 Å². The van der Waals surface area contributed by atoms with Crippen LogP contribution in [-0.4, -0.2) is 5.11 Å². The molecule has 2 aromatic carbocycles. The highest BCUT2D eigenvalue weighted by Gasteiger charge is 1.98. The molecule has 0 spiro atoms. The molecule has 76 valence electrons. The Kier molecular flexibility index (Phi) is 2.46. The first-order chi connectivity index (χ1) is 7.24. The fourth-order valence-corrected chi connectivity index (χ4v) is 1.26. The van der Waals surface area contributed by atoms with E-state index in [4.69, 9.17) is 10.5 Å². The predicted octanol–water partition coefficient (Wildman–Crippen LogP) is 2.77. The van der Waals surface area contributed by atoms with E-state index in [2.05, 4.69) is 0 Å². The minimum Gasteiger partial charge on any atom is -0.508 e. The van der Waals surface area contributed by atoms with Crippen LogP contribution in [0.3, 0.4) is 0 Å². The summed E-state index contributed by atoms with van der Waals surface area (Å²) in [5, 5.41) is 9.24. The molecule has 0 amide bonds. The molecule has 3 heteroatoms. The SMILES string of the molecule is Nc1cccc(Oc2cccc(O)c2)c1. The van der Waals surface area contributed by atoms with Gasteiger partial charge in [-0.2, -0.15) is 0 Å². The van der Waals surface area contributed by atoms with Crippen LogP contribution < -0.4 is 10.5 Å². The first-order valence-corrected chi connectivity index (χ1v) is 4.56. The van der Waals surface area contributed by atoms with Crippen molar-refractivity contribution in [2.75, 3.05) is 5.73 Å². The summed E-state index contributed by atoms with van der Waals surface area (Å²) < 4.78 is 5.50. The van der Waals surface area contributed by atoms with Crippen molar-refractivity contribution < 1.29 is 9.84 Å². The summed E-state index contributed by atoms with van der Waals surface area (Å²) in [7, 11) is 0. The van der Waals surface area contributed by atoms with Crippen LogP contribution in [0.1, 0.15) is 0 Å². The number of rotatable bonds is 2. The quantitative estimate of drug-likeness (QED) is 0.734. The molecule has 0 fully saturated rings. The maximum Gasteiger partial charge on any atom is 0.131 e. The van der Waals surface area contributed by atoms with Crippen LogP contribution in [0.15, 0.2) is 48.5 Å². The van der Waals surface area contributed by atoms with Gasteiger partial charge in [-0.25, -0.2) is 0 Å². The lowest BCUT2D eigenvalue weighted by atomic mass is 10.3. The topological polar surface area (TPSA) is 55.5 Å². The van der Waals surface area contributed by atoms with Crippen molar-refractivity contribution in [3.63, 3.8) is 0 Å². The molecular formula is C12H11NO2. The molecule has 0 unspecified atom stereocenters. The van der Waals surface area contributed by atoms with E-state index < -0.39 is 0 Å². The number of nitrogen functional groups attached to an aromatic ring is 1. The summed E-state index contributed by atoms with van der Waals surface area (Å²) in [6.07, 6.45) is 0. The largest absolute Gasteiger partial charge is 0.508 e. The Morgan fingerprint density at radius 3 is 2.27 bits per heavy atom. The summed E-state index contributed by atoms with van der Waals surface area (Å²) >= 11 is 0. The Morgan fingerprint density at radius 2 is 1.60 bits per heavy atom. The molecule has 2 aromatic rings. The summed E-state index contributed by atoms with van der Waals surface area (Å²) in [5.74, 6) is 1.41. The minimum atomic E-state index is 0.177. The molecule has 0 aliphatic rings. The van der Waals surface area contributed by atoms with Gasteiger partial charge in [0.2, 0.25) is 0 Å². The lowest BCUT2D eigenvalue weighted by molar-refractivity contribution is 0.455. The van der Waals surface area contributed by atoms with Crippen molar-refractivity contribution in [1.29, 1.82) is 0 Å². The molecule has 0 aromatic heterocycles. The van der Waals surface area contributed by atoms with E-state index in [0.717, 1.165) is 0 Å². The third-order valence-electron chi connectivity index (χ3n) is 1.91. The zero-order valence-electron chi connectivity index (χ0n) is 8.05. The number of aromatic hydroxyl groups is 1. The molecule has 3 nitrogen and oxygen atoms in total. The Bertz CT molecular complexity index is 425. The molecular weight excluding hydrogens is 190 g/mol. The van der Waals surface area contributed by atoms with Crippen molar-refractivity contribution in [1.82, 2.24) is 0 Å². The molecule has 0 aliphatic carbocycles. The molecule has 2 rings (SSSR count). The number of nitrogens with two attached hydrogens (primary N) is 1. The highest BCUT2D eigenvalue weighted by atomic mass is 16.5. The average Bonchev–Trinajstić information content (AvgIpc) is 2.17. The molecule has 0 heterocycles. The van der Waals surface area contributed by atoms with E-state index in [0.29, 0.717) is 17.2 Å². The Balaban J connectivity index is 2.22. The van der Waals surface area contributed by atoms with Gasteiger partial charge in [0, 0.05) is 17.8 Å². The smallest absolute Gasteiger partial charge is 0.131 e. The molecule has 15 heavy (non-hydrogen) atoms. The Morgan fingerprint density at radius 1 is 0.933 bits per heavy atom. The van der Waals surface area contributed by atoms with Crippen LogP contribution in [0, 0.1) is 0 Å². The number of phenols is 1. The van der Waals surface area contributed by atoms with Gasteiger partial charge in [-0.05, 0) is 24.3 Å². The van der Waals surface area contributed by atoms with Gasteiger partial charge in [0.25, 0.3) is 0 Å². The molecule has 0 aliphatic heterocycles. The first kappa shape index (κ1) is 9.40. The second-order valence-corrected chi connectivity index (χ2v) is 3.17. The van der Waals surface area contributed by atoms with E-state index in [1.165, 1.54) is 0 Å². The van der Waals surface area contributed by atoms with Crippen LogP contribution >= 0.6 is 0 Å². The molecule has 0 atom stereocenters. The zero-order valence-corrected chi connectivity index (χ0v) is 8.05.